The van der Waals surface area contributed by atoms with Gasteiger partial charge in [-0.2, -0.15) is 0 Å². The Morgan fingerprint density at radius 2 is 1.68 bits per heavy atom. The van der Waals surface area contributed by atoms with E-state index in [1.807, 2.05) is 22.6 Å². The van der Waals surface area contributed by atoms with Crippen LogP contribution in [0, 0.1) is 0 Å². The Labute approximate surface area is 124 Å². The average molecular weight is 388 g/mol. The Hall–Kier alpha value is -0.450. The quantitative estimate of drug-likeness (QED) is 0.413. The largest absolute Gasteiger partial charge is 0.457 e. The summed E-state index contributed by atoms with van der Waals surface area (Å²) in [4.78, 5) is 22.2. The van der Waals surface area contributed by atoms with E-state index in [1.165, 1.54) is 21.0 Å². The van der Waals surface area contributed by atoms with E-state index in [4.69, 9.17) is 18.9 Å². The van der Waals surface area contributed by atoms with Crippen LogP contribution in [0.4, 0.5) is 0 Å². The Morgan fingerprint density at radius 3 is 2.11 bits per heavy atom. The molecule has 7 nitrogen and oxygen atoms in total. The molecule has 0 bridgehead atoms. The first-order valence-corrected chi connectivity index (χ1v) is 7.20. The zero-order chi connectivity index (χ0) is 14.6. The highest BCUT2D eigenvalue weighted by Gasteiger charge is 2.49. The number of esters is 2. The first kappa shape index (κ1) is 16.6. The van der Waals surface area contributed by atoms with Gasteiger partial charge in [-0.1, -0.05) is 22.6 Å². The van der Waals surface area contributed by atoms with Gasteiger partial charge in [-0.05, 0) is 0 Å². The summed E-state index contributed by atoms with van der Waals surface area (Å²) in [5, 5.41) is 9.85. The lowest BCUT2D eigenvalue weighted by atomic mass is 9.99. The van der Waals surface area contributed by atoms with E-state index >= 15 is 0 Å². The van der Waals surface area contributed by atoms with Crippen molar-refractivity contribution in [3.05, 3.63) is 0 Å². The van der Waals surface area contributed by atoms with Crippen LogP contribution in [0.1, 0.15) is 13.8 Å². The van der Waals surface area contributed by atoms with Gasteiger partial charge in [0, 0.05) is 25.4 Å². The maximum Gasteiger partial charge on any atom is 0.303 e. The molecule has 0 amide bonds. The molecule has 0 radical (unpaired) electrons. The maximum absolute atomic E-state index is 11.1. The number of ether oxygens (including phenoxy) is 4. The van der Waals surface area contributed by atoms with Crippen LogP contribution >= 0.6 is 22.6 Å². The number of rotatable bonds is 4. The summed E-state index contributed by atoms with van der Waals surface area (Å²) >= 11 is 2.05. The molecule has 1 aliphatic heterocycles. The minimum atomic E-state index is -1.32. The molecular weight excluding hydrogens is 371 g/mol. The molecule has 1 saturated heterocycles. The van der Waals surface area contributed by atoms with Gasteiger partial charge >= 0.3 is 11.9 Å². The van der Waals surface area contributed by atoms with E-state index in [9.17, 15) is 14.7 Å². The third-order valence-corrected chi connectivity index (χ3v) is 3.51. The molecule has 110 valence electrons. The van der Waals surface area contributed by atoms with E-state index in [0.29, 0.717) is 4.43 Å². The normalized spacial score (nSPS) is 34.7. The highest BCUT2D eigenvalue weighted by Crippen LogP contribution is 2.28. The van der Waals surface area contributed by atoms with Crippen LogP contribution in [0.3, 0.4) is 0 Å². The van der Waals surface area contributed by atoms with Crippen LogP contribution in [0.5, 0.6) is 0 Å². The molecule has 1 rings (SSSR count). The van der Waals surface area contributed by atoms with Gasteiger partial charge in [-0.25, -0.2) is 0 Å². The molecule has 0 saturated carbocycles. The van der Waals surface area contributed by atoms with E-state index in [0.717, 1.165) is 0 Å². The highest BCUT2D eigenvalue weighted by molar-refractivity contribution is 14.1. The predicted octanol–water partition coefficient (Wildman–Crippen LogP) is 0.0170. The van der Waals surface area contributed by atoms with Crippen molar-refractivity contribution in [1.82, 2.24) is 0 Å². The number of halogens is 1. The summed E-state index contributed by atoms with van der Waals surface area (Å²) in [6.07, 6.45) is -4.41. The van der Waals surface area contributed by atoms with Crippen LogP contribution < -0.4 is 0 Å². The minimum Gasteiger partial charge on any atom is -0.457 e. The molecule has 0 unspecified atom stereocenters. The molecule has 1 heterocycles. The second kappa shape index (κ2) is 7.36. The van der Waals surface area contributed by atoms with Gasteiger partial charge in [0.05, 0.1) is 0 Å². The molecular formula is C11H17IO7. The Kier molecular flexibility index (Phi) is 6.43. The summed E-state index contributed by atoms with van der Waals surface area (Å²) < 4.78 is 21.2. The SMILES string of the molecule is CO[C@@H]1[C@@H](OC(C)=O)[C@H](CI)O[C@H](O)[C@@H]1OC(C)=O. The van der Waals surface area contributed by atoms with Gasteiger partial charge in [0.2, 0.25) is 0 Å². The fraction of sp³-hybridized carbons (Fsp3) is 0.818. The van der Waals surface area contributed by atoms with Gasteiger partial charge < -0.3 is 24.1 Å². The fourth-order valence-corrected chi connectivity index (χ4v) is 2.65. The van der Waals surface area contributed by atoms with Crippen molar-refractivity contribution in [3.8, 4) is 0 Å². The third-order valence-electron chi connectivity index (χ3n) is 2.64. The highest BCUT2D eigenvalue weighted by atomic mass is 127. The van der Waals surface area contributed by atoms with E-state index < -0.39 is 42.6 Å². The van der Waals surface area contributed by atoms with Crippen molar-refractivity contribution in [2.45, 2.75) is 44.6 Å². The molecule has 1 fully saturated rings. The number of hydrogen-bond acceptors (Lipinski definition) is 7. The Balaban J connectivity index is 2.94. The Bertz CT molecular complexity index is 335. The number of carbonyl (C=O) groups is 2. The van der Waals surface area contributed by atoms with Gasteiger partial charge in [0.25, 0.3) is 0 Å². The molecule has 0 aliphatic carbocycles. The molecule has 19 heavy (non-hydrogen) atoms. The fourth-order valence-electron chi connectivity index (χ4n) is 1.94. The van der Waals surface area contributed by atoms with Crippen LogP contribution in [0.25, 0.3) is 0 Å². The lowest BCUT2D eigenvalue weighted by Crippen LogP contribution is -2.61. The predicted molar refractivity (Wildman–Crippen MR) is 71.7 cm³/mol. The van der Waals surface area contributed by atoms with Crippen molar-refractivity contribution in [2.75, 3.05) is 11.5 Å². The van der Waals surface area contributed by atoms with Crippen molar-refractivity contribution in [2.24, 2.45) is 0 Å². The van der Waals surface area contributed by atoms with Gasteiger partial charge in [0.15, 0.2) is 18.5 Å². The summed E-state index contributed by atoms with van der Waals surface area (Å²) in [7, 11) is 1.39. The van der Waals surface area contributed by atoms with Crippen LogP contribution in [-0.4, -0.2) is 59.3 Å². The third kappa shape index (κ3) is 4.26. The second-order valence-corrected chi connectivity index (χ2v) is 4.95. The molecule has 0 aromatic carbocycles. The maximum atomic E-state index is 11.1. The molecule has 1 aliphatic rings. The molecule has 1 N–H and O–H groups in total. The first-order chi connectivity index (χ1) is 8.90. The number of methoxy groups -OCH3 is 1. The zero-order valence-corrected chi connectivity index (χ0v) is 13.0. The van der Waals surface area contributed by atoms with Crippen molar-refractivity contribution < 1.29 is 33.6 Å². The van der Waals surface area contributed by atoms with Crippen LogP contribution in [0.2, 0.25) is 0 Å². The number of alkyl halides is 1. The van der Waals surface area contributed by atoms with E-state index in [1.54, 1.807) is 0 Å². The van der Waals surface area contributed by atoms with E-state index in [2.05, 4.69) is 0 Å². The molecule has 8 heteroatoms. The summed E-state index contributed by atoms with van der Waals surface area (Å²) in [6.45, 7) is 2.48. The van der Waals surface area contributed by atoms with Gasteiger partial charge in [-0.15, -0.1) is 0 Å². The monoisotopic (exact) mass is 388 g/mol. The topological polar surface area (TPSA) is 91.3 Å². The van der Waals surface area contributed by atoms with Crippen LogP contribution in [0.15, 0.2) is 0 Å². The number of aliphatic hydroxyl groups is 1. The molecule has 5 atom stereocenters. The van der Waals surface area contributed by atoms with Gasteiger partial charge in [0.1, 0.15) is 12.2 Å². The number of aliphatic hydroxyl groups excluding tert-OH is 1. The zero-order valence-electron chi connectivity index (χ0n) is 10.9. The molecule has 0 spiro atoms. The van der Waals surface area contributed by atoms with Crippen molar-refractivity contribution >= 4 is 34.5 Å². The lowest BCUT2D eigenvalue weighted by Gasteiger charge is -2.42. The average Bonchev–Trinajstić information content (AvgIpc) is 2.32. The summed E-state index contributed by atoms with van der Waals surface area (Å²) in [6, 6.07) is 0. The lowest BCUT2D eigenvalue weighted by molar-refractivity contribution is -0.287. The smallest absolute Gasteiger partial charge is 0.303 e. The number of carbonyl (C=O) groups excluding carboxylic acids is 2. The molecule has 0 aromatic rings. The number of hydrogen-bond donors (Lipinski definition) is 1. The Morgan fingerprint density at radius 1 is 1.16 bits per heavy atom. The van der Waals surface area contributed by atoms with E-state index in [-0.39, 0.29) is 0 Å². The molecule has 0 aromatic heterocycles. The summed E-state index contributed by atoms with van der Waals surface area (Å²) in [5.74, 6) is -1.08. The first-order valence-electron chi connectivity index (χ1n) is 5.67. The van der Waals surface area contributed by atoms with Gasteiger partial charge in [-0.3, -0.25) is 9.59 Å². The standard InChI is InChI=1S/C11H17IO7/c1-5(13)17-8-7(4-12)19-11(15)10(9(8)16-3)18-6(2)14/h7-11,15H,4H2,1-3H3/t7-,8-,9+,10+,11-/m0/s1. The van der Waals surface area contributed by atoms with Crippen molar-refractivity contribution in [1.29, 1.82) is 0 Å². The van der Waals surface area contributed by atoms with Crippen molar-refractivity contribution in [3.63, 3.8) is 0 Å². The summed E-state index contributed by atoms with van der Waals surface area (Å²) in [5.41, 5.74) is 0. The minimum absolute atomic E-state index is 0.486. The van der Waals surface area contributed by atoms with Crippen LogP contribution in [-0.2, 0) is 28.5 Å². The second-order valence-electron chi connectivity index (χ2n) is 4.07.